The number of nitrogens with zero attached hydrogens (tertiary/aromatic N) is 4. The van der Waals surface area contributed by atoms with Crippen LogP contribution in [-0.2, 0) is 13.1 Å². The Morgan fingerprint density at radius 1 is 1.56 bits per heavy atom. The maximum absolute atomic E-state index is 10.9. The van der Waals surface area contributed by atoms with E-state index in [1.54, 1.807) is 12.3 Å². The Hall–Kier alpha value is -1.99. The van der Waals surface area contributed by atoms with E-state index in [-0.39, 0.29) is 12.2 Å². The number of aromatic carboxylic acids is 1. The maximum Gasteiger partial charge on any atom is 0.358 e. The minimum Gasteiger partial charge on any atom is -0.476 e. The van der Waals surface area contributed by atoms with Crippen molar-refractivity contribution in [1.29, 1.82) is 0 Å². The van der Waals surface area contributed by atoms with Crippen molar-refractivity contribution in [2.24, 2.45) is 5.73 Å². The van der Waals surface area contributed by atoms with Crippen molar-refractivity contribution in [3.8, 4) is 0 Å². The van der Waals surface area contributed by atoms with E-state index in [1.807, 2.05) is 0 Å². The van der Waals surface area contributed by atoms with Gasteiger partial charge in [0.15, 0.2) is 5.69 Å². The van der Waals surface area contributed by atoms with Gasteiger partial charge >= 0.3 is 5.97 Å². The van der Waals surface area contributed by atoms with Crippen molar-refractivity contribution in [1.82, 2.24) is 20.0 Å². The Kier molecular flexibility index (Phi) is 3.54. The minimum atomic E-state index is -1.15. The first kappa shape index (κ1) is 12.5. The van der Waals surface area contributed by atoms with Crippen molar-refractivity contribution >= 4 is 17.6 Å². The fourth-order valence-electron chi connectivity index (χ4n) is 1.52. The summed E-state index contributed by atoms with van der Waals surface area (Å²) in [5.41, 5.74) is 6.50. The summed E-state index contributed by atoms with van der Waals surface area (Å²) in [6.45, 7) is 0.339. The minimum absolute atomic E-state index is 0.0390. The van der Waals surface area contributed by atoms with Crippen LogP contribution in [0.1, 0.15) is 21.7 Å². The highest BCUT2D eigenvalue weighted by molar-refractivity contribution is 6.31. The molecule has 2 aromatic heterocycles. The molecule has 0 saturated heterocycles. The van der Waals surface area contributed by atoms with Crippen LogP contribution in [-0.4, -0.2) is 31.1 Å². The number of pyridine rings is 1. The molecule has 0 aromatic carbocycles. The summed E-state index contributed by atoms with van der Waals surface area (Å²) in [5, 5.41) is 16.8. The largest absolute Gasteiger partial charge is 0.476 e. The lowest BCUT2D eigenvalue weighted by Crippen LogP contribution is -2.13. The Balaban J connectivity index is 2.35. The summed E-state index contributed by atoms with van der Waals surface area (Å²) < 4.78 is 1.42. The monoisotopic (exact) mass is 267 g/mol. The number of carboxylic acids is 1. The standard InChI is InChI=1S/C10H10ClN5O2/c11-7-4-13-2-1-6(7)5-16-8(3-12)9(10(17)18)14-15-16/h1-2,4H,3,5,12H2,(H,17,18). The molecule has 0 aliphatic rings. The number of carbonyl (C=O) groups is 1. The van der Waals surface area contributed by atoms with Crippen LogP contribution in [0.4, 0.5) is 0 Å². The van der Waals surface area contributed by atoms with Crippen molar-refractivity contribution in [3.63, 3.8) is 0 Å². The molecule has 0 aliphatic carbocycles. The lowest BCUT2D eigenvalue weighted by Gasteiger charge is -2.06. The van der Waals surface area contributed by atoms with Crippen LogP contribution >= 0.6 is 11.6 Å². The van der Waals surface area contributed by atoms with Gasteiger partial charge in [-0.2, -0.15) is 0 Å². The van der Waals surface area contributed by atoms with E-state index in [2.05, 4.69) is 15.3 Å². The molecular formula is C10H10ClN5O2. The fourth-order valence-corrected chi connectivity index (χ4v) is 1.70. The second kappa shape index (κ2) is 5.11. The van der Waals surface area contributed by atoms with Crippen molar-refractivity contribution in [2.75, 3.05) is 0 Å². The van der Waals surface area contributed by atoms with E-state index in [1.165, 1.54) is 10.9 Å². The van der Waals surface area contributed by atoms with E-state index < -0.39 is 5.97 Å². The normalized spacial score (nSPS) is 10.6. The number of hydrogen-bond donors (Lipinski definition) is 2. The molecule has 2 aromatic rings. The second-order valence-electron chi connectivity index (χ2n) is 3.52. The first-order valence-electron chi connectivity index (χ1n) is 5.07. The van der Waals surface area contributed by atoms with Crippen LogP contribution in [0.15, 0.2) is 18.5 Å². The molecule has 0 aliphatic heterocycles. The van der Waals surface area contributed by atoms with Gasteiger partial charge in [0.05, 0.1) is 17.3 Å². The van der Waals surface area contributed by atoms with Gasteiger partial charge in [-0.25, -0.2) is 9.48 Å². The van der Waals surface area contributed by atoms with Gasteiger partial charge < -0.3 is 10.8 Å². The molecule has 3 N–H and O–H groups in total. The van der Waals surface area contributed by atoms with Gasteiger partial charge in [0.25, 0.3) is 0 Å². The summed E-state index contributed by atoms with van der Waals surface area (Å²) in [6, 6.07) is 1.73. The van der Waals surface area contributed by atoms with Crippen molar-refractivity contribution in [2.45, 2.75) is 13.1 Å². The Morgan fingerprint density at radius 2 is 2.33 bits per heavy atom. The molecular weight excluding hydrogens is 258 g/mol. The molecule has 8 heteroatoms. The second-order valence-corrected chi connectivity index (χ2v) is 3.93. The number of rotatable bonds is 4. The van der Waals surface area contributed by atoms with Crippen LogP contribution in [0, 0.1) is 0 Å². The summed E-state index contributed by atoms with van der Waals surface area (Å²) in [7, 11) is 0. The first-order chi connectivity index (χ1) is 8.63. The average molecular weight is 268 g/mol. The molecule has 7 nitrogen and oxygen atoms in total. The Labute approximate surface area is 107 Å². The maximum atomic E-state index is 10.9. The predicted molar refractivity (Wildman–Crippen MR) is 63.2 cm³/mol. The average Bonchev–Trinajstić information content (AvgIpc) is 2.75. The molecule has 94 valence electrons. The fraction of sp³-hybridized carbons (Fsp3) is 0.200. The third-order valence-electron chi connectivity index (χ3n) is 2.41. The lowest BCUT2D eigenvalue weighted by molar-refractivity contribution is 0.0689. The highest BCUT2D eigenvalue weighted by atomic mass is 35.5. The summed E-state index contributed by atoms with van der Waals surface area (Å²) >= 11 is 5.97. The predicted octanol–water partition coefficient (Wildman–Crippen LogP) is 0.532. The number of nitrogens with two attached hydrogens (primary N) is 1. The zero-order chi connectivity index (χ0) is 13.1. The molecule has 0 fully saturated rings. The van der Waals surface area contributed by atoms with Gasteiger partial charge in [0.1, 0.15) is 0 Å². The number of halogens is 1. The van der Waals surface area contributed by atoms with Crippen LogP contribution < -0.4 is 5.73 Å². The molecule has 0 unspecified atom stereocenters. The third kappa shape index (κ3) is 2.31. The summed E-state index contributed by atoms with van der Waals surface area (Å²) in [4.78, 5) is 14.8. The summed E-state index contributed by atoms with van der Waals surface area (Å²) in [5.74, 6) is -1.15. The third-order valence-corrected chi connectivity index (χ3v) is 2.75. The molecule has 0 spiro atoms. The van der Waals surface area contributed by atoms with Crippen LogP contribution in [0.2, 0.25) is 5.02 Å². The van der Waals surface area contributed by atoms with Crippen molar-refractivity contribution in [3.05, 3.63) is 40.4 Å². The molecule has 0 atom stereocenters. The Morgan fingerprint density at radius 3 is 2.94 bits per heavy atom. The highest BCUT2D eigenvalue weighted by Crippen LogP contribution is 2.16. The van der Waals surface area contributed by atoms with Gasteiger partial charge in [-0.1, -0.05) is 16.8 Å². The number of carboxylic acid groups (broad SMARTS) is 1. The van der Waals surface area contributed by atoms with Crippen LogP contribution in [0.25, 0.3) is 0 Å². The molecule has 2 heterocycles. The highest BCUT2D eigenvalue weighted by Gasteiger charge is 2.18. The van der Waals surface area contributed by atoms with E-state index >= 15 is 0 Å². The van der Waals surface area contributed by atoms with Gasteiger partial charge in [-0.3, -0.25) is 4.98 Å². The van der Waals surface area contributed by atoms with E-state index in [4.69, 9.17) is 22.4 Å². The molecule has 0 radical (unpaired) electrons. The lowest BCUT2D eigenvalue weighted by atomic mass is 10.2. The summed E-state index contributed by atoms with van der Waals surface area (Å²) in [6.07, 6.45) is 3.10. The number of aromatic nitrogens is 4. The molecule has 0 amide bonds. The first-order valence-corrected chi connectivity index (χ1v) is 5.45. The zero-order valence-corrected chi connectivity index (χ0v) is 10.0. The number of hydrogen-bond acceptors (Lipinski definition) is 5. The topological polar surface area (TPSA) is 107 Å². The van der Waals surface area contributed by atoms with Gasteiger partial charge in [0.2, 0.25) is 0 Å². The van der Waals surface area contributed by atoms with Crippen LogP contribution in [0.5, 0.6) is 0 Å². The van der Waals surface area contributed by atoms with E-state index in [9.17, 15) is 4.79 Å². The van der Waals surface area contributed by atoms with Gasteiger partial charge in [0, 0.05) is 18.9 Å². The molecule has 0 bridgehead atoms. The molecule has 0 saturated carbocycles. The van der Waals surface area contributed by atoms with Gasteiger partial charge in [-0.15, -0.1) is 5.10 Å². The quantitative estimate of drug-likeness (QED) is 0.837. The SMILES string of the molecule is NCc1c(C(=O)O)nnn1Cc1ccncc1Cl. The van der Waals surface area contributed by atoms with Crippen molar-refractivity contribution < 1.29 is 9.90 Å². The van der Waals surface area contributed by atoms with E-state index in [0.717, 1.165) is 5.56 Å². The van der Waals surface area contributed by atoms with Gasteiger partial charge in [-0.05, 0) is 11.6 Å². The van der Waals surface area contributed by atoms with Crippen LogP contribution in [0.3, 0.4) is 0 Å². The Bertz CT molecular complexity index is 583. The smallest absolute Gasteiger partial charge is 0.358 e. The zero-order valence-electron chi connectivity index (χ0n) is 9.25. The molecule has 18 heavy (non-hydrogen) atoms. The van der Waals surface area contributed by atoms with E-state index in [0.29, 0.717) is 17.3 Å². The molecule has 2 rings (SSSR count).